The number of nitrogens with one attached hydrogen (secondary N) is 1. The summed E-state index contributed by atoms with van der Waals surface area (Å²) in [5.74, 6) is 0.906. The van der Waals surface area contributed by atoms with E-state index in [1.807, 2.05) is 6.07 Å². The van der Waals surface area contributed by atoms with Gasteiger partial charge in [-0.2, -0.15) is 0 Å². The topological polar surface area (TPSA) is 29.1 Å². The Morgan fingerprint density at radius 3 is 2.68 bits per heavy atom. The summed E-state index contributed by atoms with van der Waals surface area (Å²) in [7, 11) is 0. The largest absolute Gasteiger partial charge is 0.316 e. The molecule has 1 aliphatic rings. The molecular formula is C17H25NO. The monoisotopic (exact) mass is 259 g/mol. The first-order valence-corrected chi connectivity index (χ1v) is 7.52. The summed E-state index contributed by atoms with van der Waals surface area (Å²) >= 11 is 0. The summed E-state index contributed by atoms with van der Waals surface area (Å²) in [5, 5.41) is 3.33. The molecule has 0 unspecified atom stereocenters. The molecule has 0 heterocycles. The number of hydrogen-bond donors (Lipinski definition) is 1. The minimum atomic E-state index is 0.268. The number of carbonyl (C=O) groups is 1. The number of rotatable bonds is 6. The highest BCUT2D eigenvalue weighted by Crippen LogP contribution is 2.22. The Labute approximate surface area is 116 Å². The molecule has 1 aromatic rings. The number of benzene rings is 1. The van der Waals surface area contributed by atoms with Gasteiger partial charge in [-0.1, -0.05) is 26.0 Å². The van der Waals surface area contributed by atoms with Gasteiger partial charge in [-0.25, -0.2) is 0 Å². The molecule has 0 radical (unpaired) electrons. The number of carbonyl (C=O) groups excluding carboxylic acids is 1. The smallest absolute Gasteiger partial charge is 0.164 e. The van der Waals surface area contributed by atoms with Crippen molar-refractivity contribution in [2.24, 2.45) is 5.92 Å². The molecule has 0 spiro atoms. The number of ketones is 1. The zero-order valence-corrected chi connectivity index (χ0v) is 12.2. The van der Waals surface area contributed by atoms with Gasteiger partial charge in [-0.3, -0.25) is 4.79 Å². The maximum Gasteiger partial charge on any atom is 0.164 e. The average Bonchev–Trinajstić information content (AvgIpc) is 2.42. The van der Waals surface area contributed by atoms with Crippen LogP contribution in [-0.2, 0) is 12.8 Å². The van der Waals surface area contributed by atoms with Crippen molar-refractivity contribution in [2.45, 2.75) is 46.0 Å². The molecule has 0 aliphatic heterocycles. The fourth-order valence-electron chi connectivity index (χ4n) is 2.64. The standard InChI is InChI=1S/C17H25NO/c1-13(2)12-18-10-9-17(19)16-8-7-14-5-3-4-6-15(14)11-16/h7-8,11,13,18H,3-6,9-10,12H2,1-2H3. The van der Waals surface area contributed by atoms with E-state index in [0.717, 1.165) is 25.1 Å². The quantitative estimate of drug-likeness (QED) is 0.627. The minimum Gasteiger partial charge on any atom is -0.316 e. The second kappa shape index (κ2) is 6.85. The van der Waals surface area contributed by atoms with Crippen LogP contribution >= 0.6 is 0 Å². The zero-order valence-electron chi connectivity index (χ0n) is 12.2. The van der Waals surface area contributed by atoms with Gasteiger partial charge in [-0.05, 0) is 55.3 Å². The third-order valence-electron chi connectivity index (χ3n) is 3.75. The van der Waals surface area contributed by atoms with E-state index < -0.39 is 0 Å². The van der Waals surface area contributed by atoms with Crippen molar-refractivity contribution < 1.29 is 4.79 Å². The molecule has 0 amide bonds. The fraction of sp³-hybridized carbons (Fsp3) is 0.588. The molecule has 1 aliphatic carbocycles. The molecule has 0 atom stereocenters. The van der Waals surface area contributed by atoms with Gasteiger partial charge in [-0.15, -0.1) is 0 Å². The maximum absolute atomic E-state index is 12.1. The molecule has 2 nitrogen and oxygen atoms in total. The molecule has 0 aromatic heterocycles. The highest BCUT2D eigenvalue weighted by atomic mass is 16.1. The van der Waals surface area contributed by atoms with E-state index >= 15 is 0 Å². The van der Waals surface area contributed by atoms with Crippen LogP contribution in [0.1, 0.15) is 54.6 Å². The second-order valence-electron chi connectivity index (χ2n) is 5.96. The van der Waals surface area contributed by atoms with Crippen molar-refractivity contribution in [2.75, 3.05) is 13.1 Å². The Morgan fingerprint density at radius 1 is 1.21 bits per heavy atom. The third kappa shape index (κ3) is 4.17. The summed E-state index contributed by atoms with van der Waals surface area (Å²) in [5.41, 5.74) is 3.74. The molecule has 0 saturated heterocycles. The van der Waals surface area contributed by atoms with Crippen molar-refractivity contribution in [1.29, 1.82) is 0 Å². The lowest BCUT2D eigenvalue weighted by Gasteiger charge is -2.16. The van der Waals surface area contributed by atoms with E-state index in [1.54, 1.807) is 0 Å². The zero-order chi connectivity index (χ0) is 13.7. The maximum atomic E-state index is 12.1. The van der Waals surface area contributed by atoms with E-state index in [-0.39, 0.29) is 5.78 Å². The van der Waals surface area contributed by atoms with Gasteiger partial charge in [0.1, 0.15) is 0 Å². The first-order chi connectivity index (χ1) is 9.16. The van der Waals surface area contributed by atoms with Crippen LogP contribution in [-0.4, -0.2) is 18.9 Å². The Balaban J connectivity index is 1.88. The van der Waals surface area contributed by atoms with Crippen molar-refractivity contribution in [3.05, 3.63) is 34.9 Å². The van der Waals surface area contributed by atoms with Crippen LogP contribution in [0.3, 0.4) is 0 Å². The van der Waals surface area contributed by atoms with Gasteiger partial charge < -0.3 is 5.32 Å². The Bertz CT molecular complexity index is 437. The lowest BCUT2D eigenvalue weighted by molar-refractivity contribution is 0.0982. The Kier molecular flexibility index (Phi) is 5.15. The molecule has 104 valence electrons. The third-order valence-corrected chi connectivity index (χ3v) is 3.75. The van der Waals surface area contributed by atoms with E-state index in [9.17, 15) is 4.79 Å². The van der Waals surface area contributed by atoms with E-state index in [2.05, 4.69) is 31.3 Å². The summed E-state index contributed by atoms with van der Waals surface area (Å²) in [4.78, 5) is 12.1. The van der Waals surface area contributed by atoms with Crippen LogP contribution in [0.25, 0.3) is 0 Å². The van der Waals surface area contributed by atoms with Crippen LogP contribution in [0.15, 0.2) is 18.2 Å². The average molecular weight is 259 g/mol. The normalized spacial score (nSPS) is 14.5. The van der Waals surface area contributed by atoms with Crippen molar-refractivity contribution in [1.82, 2.24) is 5.32 Å². The van der Waals surface area contributed by atoms with Crippen LogP contribution in [0, 0.1) is 5.92 Å². The molecule has 0 fully saturated rings. The van der Waals surface area contributed by atoms with Gasteiger partial charge >= 0.3 is 0 Å². The number of aryl methyl sites for hydroxylation is 2. The molecule has 0 saturated carbocycles. The first-order valence-electron chi connectivity index (χ1n) is 7.52. The number of Topliss-reactive ketones (excluding diaryl/α,β-unsaturated/α-hetero) is 1. The molecule has 2 rings (SSSR count). The van der Waals surface area contributed by atoms with Crippen LogP contribution < -0.4 is 5.32 Å². The van der Waals surface area contributed by atoms with Crippen LogP contribution in [0.5, 0.6) is 0 Å². The number of hydrogen-bond acceptors (Lipinski definition) is 2. The van der Waals surface area contributed by atoms with E-state index in [0.29, 0.717) is 12.3 Å². The second-order valence-corrected chi connectivity index (χ2v) is 5.96. The molecule has 2 heteroatoms. The predicted molar refractivity (Wildman–Crippen MR) is 79.7 cm³/mol. The molecule has 1 aromatic carbocycles. The highest BCUT2D eigenvalue weighted by Gasteiger charge is 2.12. The van der Waals surface area contributed by atoms with Crippen LogP contribution in [0.2, 0.25) is 0 Å². The highest BCUT2D eigenvalue weighted by molar-refractivity contribution is 5.96. The van der Waals surface area contributed by atoms with Gasteiger partial charge in [0.2, 0.25) is 0 Å². The summed E-state index contributed by atoms with van der Waals surface area (Å²) in [6.45, 7) is 6.13. The van der Waals surface area contributed by atoms with Crippen LogP contribution in [0.4, 0.5) is 0 Å². The van der Waals surface area contributed by atoms with Gasteiger partial charge in [0.05, 0.1) is 0 Å². The minimum absolute atomic E-state index is 0.268. The van der Waals surface area contributed by atoms with Crippen molar-refractivity contribution in [3.63, 3.8) is 0 Å². The summed E-state index contributed by atoms with van der Waals surface area (Å²) in [6.07, 6.45) is 5.48. The first kappa shape index (κ1) is 14.3. The van der Waals surface area contributed by atoms with E-state index in [4.69, 9.17) is 0 Å². The Morgan fingerprint density at radius 2 is 1.95 bits per heavy atom. The molecular weight excluding hydrogens is 234 g/mol. The SMILES string of the molecule is CC(C)CNCCC(=O)c1ccc2c(c1)CCCC2. The molecule has 19 heavy (non-hydrogen) atoms. The summed E-state index contributed by atoms with van der Waals surface area (Å²) in [6, 6.07) is 6.29. The summed E-state index contributed by atoms with van der Waals surface area (Å²) < 4.78 is 0. The lowest BCUT2D eigenvalue weighted by Crippen LogP contribution is -2.22. The van der Waals surface area contributed by atoms with Gasteiger partial charge in [0, 0.05) is 18.5 Å². The van der Waals surface area contributed by atoms with Gasteiger partial charge in [0.25, 0.3) is 0 Å². The van der Waals surface area contributed by atoms with Crippen molar-refractivity contribution in [3.8, 4) is 0 Å². The fourth-order valence-corrected chi connectivity index (χ4v) is 2.64. The number of fused-ring (bicyclic) bond motifs is 1. The van der Waals surface area contributed by atoms with Gasteiger partial charge in [0.15, 0.2) is 5.78 Å². The predicted octanol–water partition coefficient (Wildman–Crippen LogP) is 3.38. The Hall–Kier alpha value is -1.15. The molecule has 0 bridgehead atoms. The van der Waals surface area contributed by atoms with E-state index in [1.165, 1.54) is 30.4 Å². The van der Waals surface area contributed by atoms with Crippen molar-refractivity contribution >= 4 is 5.78 Å². The molecule has 1 N–H and O–H groups in total. The lowest BCUT2D eigenvalue weighted by atomic mass is 9.89.